The number of hydrogen-bond acceptors (Lipinski definition) is 4. The highest BCUT2D eigenvalue weighted by molar-refractivity contribution is 7.18. The number of hydrogen-bond donors (Lipinski definition) is 0. The normalized spacial score (nSPS) is 12.1. The minimum Gasteiger partial charge on any atom is -0.347 e. The van der Waals surface area contributed by atoms with Crippen molar-refractivity contribution in [2.45, 2.75) is 26.4 Å². The Bertz CT molecular complexity index is 612. The molecule has 3 nitrogen and oxygen atoms in total. The van der Waals surface area contributed by atoms with Crippen LogP contribution < -0.4 is 4.90 Å². The molecule has 0 N–H and O–H groups in total. The van der Waals surface area contributed by atoms with Crippen molar-refractivity contribution in [1.82, 2.24) is 9.97 Å². The summed E-state index contributed by atoms with van der Waals surface area (Å²) in [5.74, 6) is 0.246. The lowest BCUT2D eigenvalue weighted by atomic mass is 10.3. The molecule has 0 atom stereocenters. The molecule has 0 aromatic carbocycles. The van der Waals surface area contributed by atoms with Gasteiger partial charge in [0.2, 0.25) is 5.28 Å². The fourth-order valence-electron chi connectivity index (χ4n) is 1.90. The molecule has 0 aliphatic rings. The number of halogens is 4. The molecule has 0 bridgehead atoms. The van der Waals surface area contributed by atoms with E-state index in [9.17, 15) is 13.2 Å². The van der Waals surface area contributed by atoms with Gasteiger partial charge in [-0.15, -0.1) is 11.3 Å². The maximum absolute atomic E-state index is 12.6. The van der Waals surface area contributed by atoms with E-state index in [4.69, 9.17) is 11.6 Å². The Balaban J connectivity index is 2.53. The first kappa shape index (κ1) is 15.3. The van der Waals surface area contributed by atoms with E-state index in [1.807, 2.05) is 13.0 Å². The van der Waals surface area contributed by atoms with E-state index in [1.54, 1.807) is 6.92 Å². The SMILES string of the molecule is CCc1cc2c(N(CC)CC(F)(F)F)nc(Cl)nc2s1. The molecule has 2 aromatic heterocycles. The van der Waals surface area contributed by atoms with Gasteiger partial charge in [-0.1, -0.05) is 6.92 Å². The van der Waals surface area contributed by atoms with E-state index in [0.717, 1.165) is 11.3 Å². The van der Waals surface area contributed by atoms with Gasteiger partial charge in [0, 0.05) is 11.4 Å². The van der Waals surface area contributed by atoms with E-state index in [1.165, 1.54) is 16.2 Å². The number of alkyl halides is 3. The summed E-state index contributed by atoms with van der Waals surface area (Å²) in [4.78, 5) is 10.9. The zero-order chi connectivity index (χ0) is 14.9. The molecule has 0 fully saturated rings. The lowest BCUT2D eigenvalue weighted by molar-refractivity contribution is -0.119. The Morgan fingerprint density at radius 3 is 2.55 bits per heavy atom. The first-order valence-corrected chi connectivity index (χ1v) is 7.31. The zero-order valence-electron chi connectivity index (χ0n) is 11.0. The number of rotatable bonds is 4. The third-order valence-electron chi connectivity index (χ3n) is 2.80. The van der Waals surface area contributed by atoms with Gasteiger partial charge in [0.1, 0.15) is 17.2 Å². The number of thiophene rings is 1. The summed E-state index contributed by atoms with van der Waals surface area (Å²) in [5.41, 5.74) is 0. The highest BCUT2D eigenvalue weighted by Crippen LogP contribution is 2.33. The Hall–Kier alpha value is -1.08. The van der Waals surface area contributed by atoms with Crippen LogP contribution in [0.3, 0.4) is 0 Å². The summed E-state index contributed by atoms with van der Waals surface area (Å²) in [5, 5.41) is 0.597. The highest BCUT2D eigenvalue weighted by Gasteiger charge is 2.31. The Kier molecular flexibility index (Phi) is 4.39. The van der Waals surface area contributed by atoms with Gasteiger partial charge < -0.3 is 4.90 Å². The molecule has 8 heteroatoms. The van der Waals surface area contributed by atoms with Gasteiger partial charge in [-0.2, -0.15) is 18.2 Å². The minimum atomic E-state index is -4.29. The molecule has 0 saturated heterocycles. The molecule has 20 heavy (non-hydrogen) atoms. The van der Waals surface area contributed by atoms with Crippen LogP contribution in [0.5, 0.6) is 0 Å². The summed E-state index contributed by atoms with van der Waals surface area (Å²) < 4.78 is 37.9. The molecule has 0 aliphatic carbocycles. The third-order valence-corrected chi connectivity index (χ3v) is 4.14. The van der Waals surface area contributed by atoms with Crippen molar-refractivity contribution in [3.63, 3.8) is 0 Å². The zero-order valence-corrected chi connectivity index (χ0v) is 12.5. The second kappa shape index (κ2) is 5.73. The van der Waals surface area contributed by atoms with Crippen LogP contribution in [0.15, 0.2) is 6.07 Å². The molecule has 0 radical (unpaired) electrons. The lowest BCUT2D eigenvalue weighted by Crippen LogP contribution is -2.34. The second-order valence-electron chi connectivity index (χ2n) is 4.23. The van der Waals surface area contributed by atoms with E-state index in [2.05, 4.69) is 9.97 Å². The van der Waals surface area contributed by atoms with Gasteiger partial charge in [-0.3, -0.25) is 0 Å². The third kappa shape index (κ3) is 3.32. The fourth-order valence-corrected chi connectivity index (χ4v) is 3.08. The van der Waals surface area contributed by atoms with Crippen LogP contribution in [-0.2, 0) is 6.42 Å². The summed E-state index contributed by atoms with van der Waals surface area (Å²) in [7, 11) is 0. The van der Waals surface area contributed by atoms with Gasteiger partial charge in [0.05, 0.1) is 5.39 Å². The van der Waals surface area contributed by atoms with Crippen LogP contribution >= 0.6 is 22.9 Å². The van der Waals surface area contributed by atoms with Crippen molar-refractivity contribution in [1.29, 1.82) is 0 Å². The van der Waals surface area contributed by atoms with Gasteiger partial charge in [0.15, 0.2) is 0 Å². The number of nitrogens with zero attached hydrogens (tertiary/aromatic N) is 3. The standard InChI is InChI=1S/C12H13ClF3N3S/c1-3-7-5-8-9(17-11(13)18-10(8)20-7)19(4-2)6-12(14,15)16/h5H,3-4,6H2,1-2H3. The maximum Gasteiger partial charge on any atom is 0.405 e. The van der Waals surface area contributed by atoms with E-state index >= 15 is 0 Å². The summed E-state index contributed by atoms with van der Waals surface area (Å²) in [6.07, 6.45) is -3.49. The van der Waals surface area contributed by atoms with E-state index in [0.29, 0.717) is 10.2 Å². The van der Waals surface area contributed by atoms with Gasteiger partial charge in [-0.25, -0.2) is 4.98 Å². The van der Waals surface area contributed by atoms with E-state index in [-0.39, 0.29) is 17.6 Å². The van der Waals surface area contributed by atoms with Crippen molar-refractivity contribution >= 4 is 39.0 Å². The van der Waals surface area contributed by atoms with Crippen molar-refractivity contribution in [2.24, 2.45) is 0 Å². The summed E-state index contributed by atoms with van der Waals surface area (Å²) in [6.45, 7) is 2.77. The second-order valence-corrected chi connectivity index (χ2v) is 5.68. The molecule has 0 saturated carbocycles. The smallest absolute Gasteiger partial charge is 0.347 e. The molecule has 2 rings (SSSR count). The monoisotopic (exact) mass is 323 g/mol. The maximum atomic E-state index is 12.6. The Labute approximate surface area is 123 Å². The molecule has 110 valence electrons. The predicted octanol–water partition coefficient (Wildman–Crippen LogP) is 4.30. The van der Waals surface area contributed by atoms with Crippen LogP contribution in [0.25, 0.3) is 10.2 Å². The first-order valence-electron chi connectivity index (χ1n) is 6.11. The number of fused-ring (bicyclic) bond motifs is 1. The van der Waals surface area contributed by atoms with Gasteiger partial charge in [0.25, 0.3) is 0 Å². The van der Waals surface area contributed by atoms with E-state index < -0.39 is 12.7 Å². The molecule has 0 aliphatic heterocycles. The first-order chi connectivity index (χ1) is 9.34. The average molecular weight is 324 g/mol. The summed E-state index contributed by atoms with van der Waals surface area (Å²) in [6, 6.07) is 1.84. The number of aromatic nitrogens is 2. The summed E-state index contributed by atoms with van der Waals surface area (Å²) >= 11 is 7.25. The fraction of sp³-hybridized carbons (Fsp3) is 0.500. The Morgan fingerprint density at radius 1 is 1.30 bits per heavy atom. The predicted molar refractivity (Wildman–Crippen MR) is 75.7 cm³/mol. The highest BCUT2D eigenvalue weighted by atomic mass is 35.5. The van der Waals surface area contributed by atoms with Gasteiger partial charge in [-0.05, 0) is 31.0 Å². The Morgan fingerprint density at radius 2 is 2.00 bits per heavy atom. The molecule has 0 unspecified atom stereocenters. The van der Waals surface area contributed by atoms with Crippen molar-refractivity contribution in [2.75, 3.05) is 18.0 Å². The average Bonchev–Trinajstić information content (AvgIpc) is 2.76. The van der Waals surface area contributed by atoms with Crippen LogP contribution in [0.1, 0.15) is 18.7 Å². The van der Waals surface area contributed by atoms with Crippen molar-refractivity contribution in [3.05, 3.63) is 16.2 Å². The van der Waals surface area contributed by atoms with Crippen LogP contribution in [0.4, 0.5) is 19.0 Å². The molecular weight excluding hydrogens is 311 g/mol. The molecular formula is C12H13ClF3N3S. The molecule has 0 spiro atoms. The lowest BCUT2D eigenvalue weighted by Gasteiger charge is -2.23. The minimum absolute atomic E-state index is 0.0300. The van der Waals surface area contributed by atoms with Crippen molar-refractivity contribution < 1.29 is 13.2 Å². The van der Waals surface area contributed by atoms with Crippen LogP contribution in [0, 0.1) is 0 Å². The largest absolute Gasteiger partial charge is 0.405 e. The number of anilines is 1. The van der Waals surface area contributed by atoms with Gasteiger partial charge >= 0.3 is 6.18 Å². The van der Waals surface area contributed by atoms with Crippen LogP contribution in [0.2, 0.25) is 5.28 Å². The van der Waals surface area contributed by atoms with Crippen molar-refractivity contribution in [3.8, 4) is 0 Å². The van der Waals surface area contributed by atoms with Crippen LogP contribution in [-0.4, -0.2) is 29.2 Å². The quantitative estimate of drug-likeness (QED) is 0.786. The molecule has 2 heterocycles. The number of aryl methyl sites for hydroxylation is 1. The molecule has 0 amide bonds. The topological polar surface area (TPSA) is 29.0 Å². The molecule has 2 aromatic rings.